The van der Waals surface area contributed by atoms with E-state index in [9.17, 15) is 13.2 Å². The number of carbonyl (C=O) groups excluding carboxylic acids is 1. The van der Waals surface area contributed by atoms with Crippen LogP contribution in [0.5, 0.6) is 11.5 Å². The number of sulfonamides is 1. The van der Waals surface area contributed by atoms with E-state index in [0.29, 0.717) is 29.2 Å². The van der Waals surface area contributed by atoms with Crippen molar-refractivity contribution in [1.82, 2.24) is 5.32 Å². The zero-order chi connectivity index (χ0) is 26.5. The number of amides is 1. The van der Waals surface area contributed by atoms with Crippen LogP contribution < -0.4 is 19.1 Å². The second kappa shape index (κ2) is 11.5. The van der Waals surface area contributed by atoms with E-state index in [1.54, 1.807) is 38.5 Å². The van der Waals surface area contributed by atoms with Crippen molar-refractivity contribution < 1.29 is 22.7 Å². The van der Waals surface area contributed by atoms with Gasteiger partial charge in [0, 0.05) is 5.56 Å². The highest BCUT2D eigenvalue weighted by Crippen LogP contribution is 2.31. The molecule has 0 spiro atoms. The van der Waals surface area contributed by atoms with Crippen molar-refractivity contribution in [3.63, 3.8) is 0 Å². The highest BCUT2D eigenvalue weighted by Gasteiger charge is 2.21. The van der Waals surface area contributed by atoms with Gasteiger partial charge in [-0.2, -0.15) is 0 Å². The molecule has 3 aromatic rings. The van der Waals surface area contributed by atoms with Gasteiger partial charge in [0.1, 0.15) is 0 Å². The molecule has 1 amide bonds. The number of methoxy groups -OCH3 is 2. The van der Waals surface area contributed by atoms with Crippen LogP contribution >= 0.6 is 0 Å². The Hall–Kier alpha value is -3.52. The van der Waals surface area contributed by atoms with Gasteiger partial charge in [-0.25, -0.2) is 8.42 Å². The molecule has 3 aromatic carbocycles. The lowest BCUT2D eigenvalue weighted by molar-refractivity contribution is 0.0935. The topological polar surface area (TPSA) is 84.9 Å². The monoisotopic (exact) mass is 510 g/mol. The summed E-state index contributed by atoms with van der Waals surface area (Å²) in [4.78, 5) is 13.0. The molecule has 0 bridgehead atoms. The summed E-state index contributed by atoms with van der Waals surface area (Å²) in [7, 11) is -0.350. The molecule has 0 saturated heterocycles. The van der Waals surface area contributed by atoms with E-state index in [1.807, 2.05) is 57.2 Å². The van der Waals surface area contributed by atoms with Crippen LogP contribution in [0.2, 0.25) is 0 Å². The average molecular weight is 511 g/mol. The number of ether oxygens (including phenoxy) is 2. The third kappa shape index (κ3) is 6.37. The van der Waals surface area contributed by atoms with E-state index in [4.69, 9.17) is 9.47 Å². The molecule has 3 rings (SSSR count). The second-order valence-electron chi connectivity index (χ2n) is 8.81. The Morgan fingerprint density at radius 2 is 1.61 bits per heavy atom. The third-order valence-corrected chi connectivity index (χ3v) is 7.23. The number of anilines is 1. The summed E-state index contributed by atoms with van der Waals surface area (Å²) in [5.41, 5.74) is 4.71. The fraction of sp³-hybridized carbons (Fsp3) is 0.321. The van der Waals surface area contributed by atoms with Crippen molar-refractivity contribution in [2.45, 2.75) is 39.8 Å². The Morgan fingerprint density at radius 3 is 2.19 bits per heavy atom. The van der Waals surface area contributed by atoms with Crippen molar-refractivity contribution in [3.05, 3.63) is 88.5 Å². The average Bonchev–Trinajstić information content (AvgIpc) is 2.86. The van der Waals surface area contributed by atoms with Crippen LogP contribution in [0.15, 0.2) is 60.7 Å². The van der Waals surface area contributed by atoms with E-state index < -0.39 is 10.0 Å². The molecule has 1 N–H and O–H groups in total. The fourth-order valence-corrected chi connectivity index (χ4v) is 4.97. The van der Waals surface area contributed by atoms with Crippen molar-refractivity contribution in [3.8, 4) is 11.5 Å². The molecule has 8 heteroatoms. The minimum atomic E-state index is -3.51. The summed E-state index contributed by atoms with van der Waals surface area (Å²) < 4.78 is 37.3. The Kier molecular flexibility index (Phi) is 8.63. The van der Waals surface area contributed by atoms with E-state index in [2.05, 4.69) is 5.32 Å². The molecule has 0 aliphatic carbocycles. The highest BCUT2D eigenvalue weighted by atomic mass is 32.2. The maximum Gasteiger partial charge on any atom is 0.251 e. The molecule has 0 aliphatic heterocycles. The molecule has 0 fully saturated rings. The maximum absolute atomic E-state index is 13.0. The fourth-order valence-electron chi connectivity index (χ4n) is 4.03. The van der Waals surface area contributed by atoms with Gasteiger partial charge in [-0.15, -0.1) is 0 Å². The van der Waals surface area contributed by atoms with Gasteiger partial charge in [0.25, 0.3) is 5.91 Å². The van der Waals surface area contributed by atoms with Gasteiger partial charge in [0.05, 0.1) is 38.7 Å². The Morgan fingerprint density at radius 1 is 0.944 bits per heavy atom. The molecule has 0 unspecified atom stereocenters. The van der Waals surface area contributed by atoms with E-state index in [1.165, 1.54) is 10.6 Å². The van der Waals surface area contributed by atoms with Crippen molar-refractivity contribution in [2.75, 3.05) is 24.8 Å². The number of hydrogen-bond donors (Lipinski definition) is 1. The smallest absolute Gasteiger partial charge is 0.251 e. The van der Waals surface area contributed by atoms with Crippen LogP contribution in [-0.4, -0.2) is 34.8 Å². The predicted molar refractivity (Wildman–Crippen MR) is 143 cm³/mol. The molecule has 1 atom stereocenters. The van der Waals surface area contributed by atoms with E-state index >= 15 is 0 Å². The lowest BCUT2D eigenvalue weighted by Gasteiger charge is -2.25. The number of nitrogens with one attached hydrogen (secondary N) is 1. The molecule has 0 aliphatic rings. The van der Waals surface area contributed by atoms with Crippen molar-refractivity contribution in [1.29, 1.82) is 0 Å². The first-order valence-corrected chi connectivity index (χ1v) is 13.6. The first-order valence-electron chi connectivity index (χ1n) is 11.7. The maximum atomic E-state index is 13.0. The van der Waals surface area contributed by atoms with Crippen molar-refractivity contribution >= 4 is 21.6 Å². The van der Waals surface area contributed by atoms with Gasteiger partial charge in [-0.1, -0.05) is 37.3 Å². The Labute approximate surface area is 214 Å². The number of aryl methyl sites for hydroxylation is 2. The first kappa shape index (κ1) is 27.1. The first-order chi connectivity index (χ1) is 17.1. The molecule has 36 heavy (non-hydrogen) atoms. The molecular weight excluding hydrogens is 476 g/mol. The molecule has 0 radical (unpaired) electrons. The minimum absolute atomic E-state index is 0.175. The summed E-state index contributed by atoms with van der Waals surface area (Å²) >= 11 is 0. The number of nitrogens with zero attached hydrogens (tertiary/aromatic N) is 1. The van der Waals surface area contributed by atoms with E-state index in [-0.39, 0.29) is 18.5 Å². The summed E-state index contributed by atoms with van der Waals surface area (Å²) in [6.07, 6.45) is 1.90. The minimum Gasteiger partial charge on any atom is -0.493 e. The lowest BCUT2D eigenvalue weighted by Crippen LogP contribution is -2.30. The van der Waals surface area contributed by atoms with Crippen LogP contribution in [-0.2, 0) is 16.6 Å². The van der Waals surface area contributed by atoms with Gasteiger partial charge in [-0.3, -0.25) is 9.10 Å². The summed E-state index contributed by atoms with van der Waals surface area (Å²) in [6, 6.07) is 18.1. The van der Waals surface area contributed by atoms with Gasteiger partial charge in [0.2, 0.25) is 10.0 Å². The van der Waals surface area contributed by atoms with Crippen LogP contribution in [0.25, 0.3) is 0 Å². The number of rotatable bonds is 10. The van der Waals surface area contributed by atoms with Gasteiger partial charge < -0.3 is 14.8 Å². The number of carbonyl (C=O) groups is 1. The second-order valence-corrected chi connectivity index (χ2v) is 10.7. The third-order valence-electron chi connectivity index (χ3n) is 6.10. The van der Waals surface area contributed by atoms with Crippen molar-refractivity contribution in [2.24, 2.45) is 0 Å². The Balaban J connectivity index is 1.78. The zero-order valence-electron chi connectivity index (χ0n) is 21.7. The number of hydrogen-bond acceptors (Lipinski definition) is 5. The molecule has 192 valence electrons. The number of benzene rings is 3. The lowest BCUT2D eigenvalue weighted by atomic mass is 10.0. The Bertz CT molecular complexity index is 1320. The molecule has 0 aromatic heterocycles. The van der Waals surface area contributed by atoms with Crippen LogP contribution in [0.3, 0.4) is 0 Å². The summed E-state index contributed by atoms with van der Waals surface area (Å²) in [5, 5.41) is 3.07. The van der Waals surface area contributed by atoms with Crippen LogP contribution in [0, 0.1) is 13.8 Å². The largest absolute Gasteiger partial charge is 0.493 e. The molecule has 7 nitrogen and oxygen atoms in total. The predicted octanol–water partition coefficient (Wildman–Crippen LogP) is 5.17. The quantitative estimate of drug-likeness (QED) is 0.407. The molecule has 0 heterocycles. The SMILES string of the molecule is CC[C@H](NC(=O)c1ccc(CN(c2cc(C)ccc2C)S(C)(=O)=O)cc1)c1ccc(OC)c(OC)c1. The standard InChI is InChI=1S/C28H34N2O5S/c1-7-24(23-14-15-26(34-4)27(17-23)35-5)29-28(31)22-12-10-21(11-13-22)18-30(36(6,32)33)25-16-19(2)8-9-20(25)3/h8-17,24H,7,18H2,1-6H3,(H,29,31)/t24-/m0/s1. The van der Waals surface area contributed by atoms with Gasteiger partial charge in [-0.05, 0) is 72.9 Å². The summed E-state index contributed by atoms with van der Waals surface area (Å²) in [6.45, 7) is 6.00. The summed E-state index contributed by atoms with van der Waals surface area (Å²) in [5.74, 6) is 1.02. The van der Waals surface area contributed by atoms with Crippen LogP contribution in [0.4, 0.5) is 5.69 Å². The normalized spacial score (nSPS) is 12.1. The zero-order valence-corrected chi connectivity index (χ0v) is 22.5. The highest BCUT2D eigenvalue weighted by molar-refractivity contribution is 7.92. The molecule has 0 saturated carbocycles. The van der Waals surface area contributed by atoms with Crippen LogP contribution in [0.1, 0.15) is 52.0 Å². The molecular formula is C28H34N2O5S. The van der Waals surface area contributed by atoms with Gasteiger partial charge in [0.15, 0.2) is 11.5 Å². The van der Waals surface area contributed by atoms with E-state index in [0.717, 1.165) is 22.3 Å². The van der Waals surface area contributed by atoms with Gasteiger partial charge >= 0.3 is 0 Å².